The fourth-order valence-corrected chi connectivity index (χ4v) is 4.00. The molecule has 0 unspecified atom stereocenters. The number of alkyl halides is 3. The van der Waals surface area contributed by atoms with Gasteiger partial charge in [-0.2, -0.15) is 23.3 Å². The Bertz CT molecular complexity index is 799. The van der Waals surface area contributed by atoms with E-state index in [9.17, 15) is 23.1 Å². The molecule has 1 saturated carbocycles. The molecule has 1 aromatic carbocycles. The van der Waals surface area contributed by atoms with Crippen molar-refractivity contribution in [2.24, 2.45) is 16.9 Å². The quantitative estimate of drug-likeness (QED) is 0.808. The predicted octanol–water partition coefficient (Wildman–Crippen LogP) is 4.25. The summed E-state index contributed by atoms with van der Waals surface area (Å²) in [4.78, 5) is 12.6. The predicted molar refractivity (Wildman–Crippen MR) is 102 cm³/mol. The molecule has 29 heavy (non-hydrogen) atoms. The van der Waals surface area contributed by atoms with Crippen LogP contribution in [-0.2, 0) is 10.2 Å². The van der Waals surface area contributed by atoms with Crippen LogP contribution in [0.25, 0.3) is 0 Å². The van der Waals surface area contributed by atoms with E-state index >= 15 is 0 Å². The Morgan fingerprint density at radius 3 is 2.41 bits per heavy atom. The lowest BCUT2D eigenvalue weighted by Gasteiger charge is -2.38. The molecular formula is C21H27F3N2O3. The smallest absolute Gasteiger partial charge is 0.439 e. The molecule has 5 nitrogen and oxygen atoms in total. The summed E-state index contributed by atoms with van der Waals surface area (Å²) in [7, 11) is 0. The van der Waals surface area contributed by atoms with Crippen LogP contribution >= 0.6 is 0 Å². The summed E-state index contributed by atoms with van der Waals surface area (Å²) in [6.45, 7) is 7.28. The first-order valence-electron chi connectivity index (χ1n) is 9.79. The maximum atomic E-state index is 13.8. The highest BCUT2D eigenvalue weighted by Gasteiger charge is 2.69. The number of hydrogen-bond donors (Lipinski definition) is 1. The topological polar surface area (TPSA) is 62.1 Å². The zero-order valence-corrected chi connectivity index (χ0v) is 17.1. The molecule has 3 rings (SSSR count). The third kappa shape index (κ3) is 3.86. The summed E-state index contributed by atoms with van der Waals surface area (Å²) in [5, 5.41) is 14.7. The fraction of sp³-hybridized carbons (Fsp3) is 0.619. The van der Waals surface area contributed by atoms with Crippen LogP contribution in [0.1, 0.15) is 52.5 Å². The van der Waals surface area contributed by atoms with Crippen molar-refractivity contribution in [1.29, 1.82) is 0 Å². The van der Waals surface area contributed by atoms with Crippen molar-refractivity contribution in [3.63, 3.8) is 0 Å². The summed E-state index contributed by atoms with van der Waals surface area (Å²) < 4.78 is 46.8. The minimum absolute atomic E-state index is 0.0593. The van der Waals surface area contributed by atoms with Crippen molar-refractivity contribution >= 4 is 11.6 Å². The monoisotopic (exact) mass is 412 g/mol. The molecule has 1 N–H and O–H groups in total. The van der Waals surface area contributed by atoms with Crippen LogP contribution in [0, 0.1) is 11.8 Å². The summed E-state index contributed by atoms with van der Waals surface area (Å²) >= 11 is 0. The summed E-state index contributed by atoms with van der Waals surface area (Å²) in [5.74, 6) is -2.12. The maximum absolute atomic E-state index is 13.8. The molecule has 1 aromatic rings. The largest absolute Gasteiger partial charge is 0.484 e. The van der Waals surface area contributed by atoms with Crippen LogP contribution in [-0.4, -0.2) is 40.2 Å². The number of benzene rings is 1. The van der Waals surface area contributed by atoms with E-state index in [0.717, 1.165) is 5.56 Å². The molecule has 0 radical (unpaired) electrons. The number of hydrazone groups is 1. The van der Waals surface area contributed by atoms with Crippen LogP contribution in [0.3, 0.4) is 0 Å². The third-order valence-corrected chi connectivity index (χ3v) is 5.75. The number of amides is 1. The molecule has 2 aliphatic rings. The first-order valence-corrected chi connectivity index (χ1v) is 9.79. The lowest BCUT2D eigenvalue weighted by molar-refractivity contribution is -0.317. The molecule has 1 heterocycles. The molecule has 1 amide bonds. The first kappa shape index (κ1) is 21.6. The number of rotatable bonds is 3. The Labute approximate surface area is 168 Å². The van der Waals surface area contributed by atoms with Gasteiger partial charge in [-0.3, -0.25) is 4.79 Å². The molecule has 1 fully saturated rings. The lowest BCUT2D eigenvalue weighted by atomic mass is 9.75. The molecule has 0 spiro atoms. The minimum Gasteiger partial charge on any atom is -0.484 e. The van der Waals surface area contributed by atoms with Crippen molar-refractivity contribution in [2.75, 3.05) is 6.61 Å². The fourth-order valence-electron chi connectivity index (χ4n) is 4.00. The third-order valence-electron chi connectivity index (χ3n) is 5.75. The van der Waals surface area contributed by atoms with Gasteiger partial charge in [0.25, 0.3) is 11.6 Å². The van der Waals surface area contributed by atoms with Gasteiger partial charge < -0.3 is 9.84 Å². The minimum atomic E-state index is -5.02. The van der Waals surface area contributed by atoms with Crippen molar-refractivity contribution in [3.8, 4) is 5.75 Å². The van der Waals surface area contributed by atoms with Gasteiger partial charge in [-0.1, -0.05) is 46.2 Å². The average Bonchev–Trinajstić information content (AvgIpc) is 2.95. The lowest BCUT2D eigenvalue weighted by Crippen LogP contribution is -2.62. The SMILES string of the molecule is C[C@@H]1CCC[C@H]2C1=NN(C(=O)COc1ccc(C(C)(C)C)cc1)[C@@]2(O)C(F)(F)F. The number of carbonyl (C=O) groups excluding carboxylic acids is 1. The molecule has 0 saturated heterocycles. The van der Waals surface area contributed by atoms with E-state index in [0.29, 0.717) is 18.6 Å². The summed E-state index contributed by atoms with van der Waals surface area (Å²) in [6.07, 6.45) is -3.66. The highest BCUT2D eigenvalue weighted by molar-refractivity contribution is 5.95. The van der Waals surface area contributed by atoms with E-state index in [1.165, 1.54) is 0 Å². The number of halogens is 3. The molecule has 0 bridgehead atoms. The maximum Gasteiger partial charge on any atom is 0.439 e. The van der Waals surface area contributed by atoms with E-state index in [2.05, 4.69) is 25.9 Å². The second-order valence-electron chi connectivity index (χ2n) is 8.90. The van der Waals surface area contributed by atoms with Crippen molar-refractivity contribution in [2.45, 2.75) is 64.3 Å². The van der Waals surface area contributed by atoms with Gasteiger partial charge in [-0.05, 0) is 41.9 Å². The number of carbonyl (C=O) groups is 1. The standard InChI is InChI=1S/C21H27F3N2O3/c1-13-6-5-7-16-18(13)25-26(20(16,28)21(22,23)24)17(27)12-29-15-10-8-14(9-11-15)19(2,3)4/h8-11,13,16,28H,5-7,12H2,1-4H3/t13-,16+,20+/m1/s1. The molecule has 1 aliphatic carbocycles. The number of nitrogens with zero attached hydrogens (tertiary/aromatic N) is 2. The van der Waals surface area contributed by atoms with Gasteiger partial charge in [-0.15, -0.1) is 0 Å². The average molecular weight is 412 g/mol. The van der Waals surface area contributed by atoms with Crippen molar-refractivity contribution in [1.82, 2.24) is 5.01 Å². The highest BCUT2D eigenvalue weighted by Crippen LogP contribution is 2.49. The van der Waals surface area contributed by atoms with Crippen LogP contribution in [0.15, 0.2) is 29.4 Å². The van der Waals surface area contributed by atoms with E-state index < -0.39 is 30.3 Å². The zero-order valence-electron chi connectivity index (χ0n) is 17.1. The highest BCUT2D eigenvalue weighted by atomic mass is 19.4. The van der Waals surface area contributed by atoms with Gasteiger partial charge in [-0.25, -0.2) is 0 Å². The van der Waals surface area contributed by atoms with E-state index in [4.69, 9.17) is 4.74 Å². The Kier molecular flexibility index (Phi) is 5.45. The van der Waals surface area contributed by atoms with Gasteiger partial charge in [0, 0.05) is 5.71 Å². The second kappa shape index (κ2) is 7.31. The van der Waals surface area contributed by atoms with Crippen LogP contribution in [0.5, 0.6) is 5.75 Å². The molecule has 0 aromatic heterocycles. The molecule has 1 aliphatic heterocycles. The number of fused-ring (bicyclic) bond motifs is 1. The van der Waals surface area contributed by atoms with Crippen LogP contribution < -0.4 is 4.74 Å². The molecular weight excluding hydrogens is 385 g/mol. The molecule has 8 heteroatoms. The Hall–Kier alpha value is -2.09. The normalized spacial score (nSPS) is 27.4. The zero-order chi connectivity index (χ0) is 21.6. The van der Waals surface area contributed by atoms with Gasteiger partial charge in [0.1, 0.15) is 5.75 Å². The van der Waals surface area contributed by atoms with Crippen LogP contribution in [0.2, 0.25) is 0 Å². The number of hydrogen-bond acceptors (Lipinski definition) is 4. The summed E-state index contributed by atoms with van der Waals surface area (Å²) in [5.41, 5.74) is -2.09. The van der Waals surface area contributed by atoms with E-state index in [-0.39, 0.29) is 28.5 Å². The molecule has 160 valence electrons. The Balaban J connectivity index is 1.78. The first-order chi connectivity index (χ1) is 13.4. The van der Waals surface area contributed by atoms with Gasteiger partial charge >= 0.3 is 6.18 Å². The summed E-state index contributed by atoms with van der Waals surface area (Å²) in [6, 6.07) is 7.03. The van der Waals surface area contributed by atoms with E-state index in [1.54, 1.807) is 19.1 Å². The Morgan fingerprint density at radius 1 is 1.24 bits per heavy atom. The number of ether oxygens (including phenoxy) is 1. The van der Waals surface area contributed by atoms with Gasteiger partial charge in [0.05, 0.1) is 5.92 Å². The van der Waals surface area contributed by atoms with Gasteiger partial charge in [0.2, 0.25) is 0 Å². The molecule has 3 atom stereocenters. The Morgan fingerprint density at radius 2 is 1.86 bits per heavy atom. The van der Waals surface area contributed by atoms with E-state index in [1.807, 2.05) is 12.1 Å². The van der Waals surface area contributed by atoms with Crippen molar-refractivity contribution < 1.29 is 27.8 Å². The number of aliphatic hydroxyl groups is 1. The second-order valence-corrected chi connectivity index (χ2v) is 8.90. The van der Waals surface area contributed by atoms with Crippen molar-refractivity contribution in [3.05, 3.63) is 29.8 Å². The van der Waals surface area contributed by atoms with Gasteiger partial charge in [0.15, 0.2) is 6.61 Å². The van der Waals surface area contributed by atoms with Crippen LogP contribution in [0.4, 0.5) is 13.2 Å².